The number of benzene rings is 3. The molecule has 4 aromatic rings. The highest BCUT2D eigenvalue weighted by Gasteiger charge is 2.12. The summed E-state index contributed by atoms with van der Waals surface area (Å²) >= 11 is 6.00. The number of fused-ring (bicyclic) bond motifs is 1. The van der Waals surface area contributed by atoms with Crippen molar-refractivity contribution in [3.63, 3.8) is 0 Å². The Morgan fingerprint density at radius 3 is 2.12 bits per heavy atom. The third-order valence-electron chi connectivity index (χ3n) is 4.18. The van der Waals surface area contributed by atoms with Crippen LogP contribution in [0.3, 0.4) is 0 Å². The highest BCUT2D eigenvalue weighted by atomic mass is 35.5. The van der Waals surface area contributed by atoms with Crippen molar-refractivity contribution in [1.82, 2.24) is 10.2 Å². The van der Waals surface area contributed by atoms with E-state index in [1.54, 1.807) is 0 Å². The molecule has 0 saturated carbocycles. The lowest BCUT2D eigenvalue weighted by Gasteiger charge is -2.11. The quantitative estimate of drug-likeness (QED) is 0.426. The minimum atomic E-state index is 0.503. The Bertz CT molecular complexity index is 1070. The number of rotatable bonds is 3. The number of aromatic nitrogens is 2. The van der Waals surface area contributed by atoms with Crippen LogP contribution in [-0.2, 0) is 0 Å². The maximum absolute atomic E-state index is 6.07. The first-order valence-corrected chi connectivity index (χ1v) is 8.75. The molecule has 0 aliphatic heterocycles. The molecule has 0 atom stereocenters. The van der Waals surface area contributed by atoms with Gasteiger partial charge in [0.1, 0.15) is 11.4 Å². The van der Waals surface area contributed by atoms with E-state index < -0.39 is 0 Å². The van der Waals surface area contributed by atoms with Gasteiger partial charge in [-0.05, 0) is 55.3 Å². The van der Waals surface area contributed by atoms with Crippen molar-refractivity contribution in [2.24, 2.45) is 0 Å². The van der Waals surface area contributed by atoms with Crippen LogP contribution in [0.5, 0.6) is 11.6 Å². The number of halogens is 1. The minimum absolute atomic E-state index is 0.503. The lowest BCUT2D eigenvalue weighted by atomic mass is 10.1. The summed E-state index contributed by atoms with van der Waals surface area (Å²) in [4.78, 5) is 0. The summed E-state index contributed by atoms with van der Waals surface area (Å²) in [7, 11) is 0. The van der Waals surface area contributed by atoms with E-state index in [1.807, 2.05) is 74.5 Å². The van der Waals surface area contributed by atoms with Gasteiger partial charge >= 0.3 is 0 Å². The maximum Gasteiger partial charge on any atom is 0.246 e. The van der Waals surface area contributed by atoms with Gasteiger partial charge in [0.15, 0.2) is 0 Å². The van der Waals surface area contributed by atoms with Crippen molar-refractivity contribution < 1.29 is 4.74 Å². The molecule has 0 amide bonds. The van der Waals surface area contributed by atoms with Gasteiger partial charge in [0, 0.05) is 21.4 Å². The van der Waals surface area contributed by atoms with Gasteiger partial charge in [0.25, 0.3) is 0 Å². The average Bonchev–Trinajstić information content (AvgIpc) is 2.62. The lowest BCUT2D eigenvalue weighted by Crippen LogP contribution is -1.96. The van der Waals surface area contributed by atoms with Gasteiger partial charge in [0.2, 0.25) is 5.88 Å². The van der Waals surface area contributed by atoms with Gasteiger partial charge in [-0.1, -0.05) is 48.0 Å². The molecule has 1 aromatic heterocycles. The molecule has 0 aliphatic rings. The van der Waals surface area contributed by atoms with Crippen LogP contribution in [0.2, 0.25) is 5.02 Å². The highest BCUT2D eigenvalue weighted by molar-refractivity contribution is 6.30. The second-order valence-electron chi connectivity index (χ2n) is 6.33. The van der Waals surface area contributed by atoms with Gasteiger partial charge in [0.05, 0.1) is 0 Å². The molecule has 26 heavy (non-hydrogen) atoms. The van der Waals surface area contributed by atoms with Crippen molar-refractivity contribution in [3.05, 3.63) is 82.9 Å². The van der Waals surface area contributed by atoms with Crippen LogP contribution in [0.15, 0.2) is 66.7 Å². The third kappa shape index (κ3) is 3.26. The molecule has 0 saturated heterocycles. The molecule has 1 heterocycles. The maximum atomic E-state index is 6.07. The summed E-state index contributed by atoms with van der Waals surface area (Å²) in [5.74, 6) is 1.27. The number of nitrogens with zero attached hydrogens (tertiary/aromatic N) is 2. The zero-order chi connectivity index (χ0) is 18.1. The molecule has 0 radical (unpaired) electrons. The van der Waals surface area contributed by atoms with Crippen LogP contribution < -0.4 is 4.74 Å². The summed E-state index contributed by atoms with van der Waals surface area (Å²) in [6.45, 7) is 4.10. The van der Waals surface area contributed by atoms with E-state index in [4.69, 9.17) is 16.3 Å². The number of hydrogen-bond donors (Lipinski definition) is 0. The zero-order valence-corrected chi connectivity index (χ0v) is 15.3. The summed E-state index contributed by atoms with van der Waals surface area (Å²) in [6.07, 6.45) is 0. The molecule has 4 heteroatoms. The SMILES string of the molecule is Cc1cc(C)cc(Oc2nnc(-c3ccc(Cl)cc3)c3ccccc23)c1. The molecule has 3 aromatic carbocycles. The van der Waals surface area contributed by atoms with Gasteiger partial charge < -0.3 is 4.74 Å². The van der Waals surface area contributed by atoms with Gasteiger partial charge in [-0.2, -0.15) is 0 Å². The van der Waals surface area contributed by atoms with Crippen molar-refractivity contribution in [3.8, 4) is 22.9 Å². The predicted octanol–water partition coefficient (Wildman–Crippen LogP) is 6.36. The molecule has 0 unspecified atom stereocenters. The Morgan fingerprint density at radius 2 is 1.42 bits per heavy atom. The summed E-state index contributed by atoms with van der Waals surface area (Å²) in [6, 6.07) is 21.7. The largest absolute Gasteiger partial charge is 0.437 e. The molecule has 0 aliphatic carbocycles. The fourth-order valence-electron chi connectivity index (χ4n) is 3.08. The Labute approximate surface area is 157 Å². The van der Waals surface area contributed by atoms with Crippen LogP contribution in [0.4, 0.5) is 0 Å². The standard InChI is InChI=1S/C22H17ClN2O/c1-14-11-15(2)13-18(12-14)26-22-20-6-4-3-5-19(20)21(24-25-22)16-7-9-17(23)10-8-16/h3-13H,1-2H3. The van der Waals surface area contributed by atoms with E-state index >= 15 is 0 Å². The number of aryl methyl sites for hydroxylation is 2. The third-order valence-corrected chi connectivity index (χ3v) is 4.43. The molecular formula is C22H17ClN2O. The Hall–Kier alpha value is -2.91. The fraction of sp³-hybridized carbons (Fsp3) is 0.0909. The number of hydrogen-bond acceptors (Lipinski definition) is 3. The van der Waals surface area contributed by atoms with Crippen LogP contribution >= 0.6 is 11.6 Å². The minimum Gasteiger partial charge on any atom is -0.437 e. The monoisotopic (exact) mass is 360 g/mol. The molecule has 0 spiro atoms. The Morgan fingerprint density at radius 1 is 0.769 bits per heavy atom. The summed E-state index contributed by atoms with van der Waals surface area (Å²) in [5, 5.41) is 11.4. The zero-order valence-electron chi connectivity index (χ0n) is 14.5. The molecular weight excluding hydrogens is 344 g/mol. The van der Waals surface area contributed by atoms with Crippen LogP contribution in [-0.4, -0.2) is 10.2 Å². The Balaban J connectivity index is 1.82. The van der Waals surface area contributed by atoms with Gasteiger partial charge in [-0.3, -0.25) is 0 Å². The summed E-state index contributed by atoms with van der Waals surface area (Å²) < 4.78 is 6.07. The van der Waals surface area contributed by atoms with Gasteiger partial charge in [-0.25, -0.2) is 0 Å². The highest BCUT2D eigenvalue weighted by Crippen LogP contribution is 2.33. The molecule has 4 rings (SSSR count). The number of ether oxygens (including phenoxy) is 1. The van der Waals surface area contributed by atoms with E-state index in [-0.39, 0.29) is 0 Å². The molecule has 128 valence electrons. The van der Waals surface area contributed by atoms with E-state index in [1.165, 1.54) is 0 Å². The first-order valence-electron chi connectivity index (χ1n) is 8.38. The lowest BCUT2D eigenvalue weighted by molar-refractivity contribution is 0.461. The second kappa shape index (κ2) is 6.77. The van der Waals surface area contributed by atoms with Crippen molar-refractivity contribution in [1.29, 1.82) is 0 Å². The smallest absolute Gasteiger partial charge is 0.246 e. The van der Waals surface area contributed by atoms with Gasteiger partial charge in [-0.15, -0.1) is 10.2 Å². The van der Waals surface area contributed by atoms with E-state index in [9.17, 15) is 0 Å². The Kier molecular flexibility index (Phi) is 4.31. The van der Waals surface area contributed by atoms with Crippen molar-refractivity contribution >= 4 is 22.4 Å². The van der Waals surface area contributed by atoms with E-state index in [0.717, 1.165) is 38.9 Å². The summed E-state index contributed by atoms with van der Waals surface area (Å²) in [5.41, 5.74) is 4.08. The fourth-order valence-corrected chi connectivity index (χ4v) is 3.21. The van der Waals surface area contributed by atoms with E-state index in [0.29, 0.717) is 10.9 Å². The average molecular weight is 361 g/mol. The normalized spacial score (nSPS) is 10.9. The molecule has 0 bridgehead atoms. The van der Waals surface area contributed by atoms with Crippen molar-refractivity contribution in [2.75, 3.05) is 0 Å². The molecule has 0 N–H and O–H groups in total. The van der Waals surface area contributed by atoms with Crippen LogP contribution in [0, 0.1) is 13.8 Å². The first-order chi connectivity index (χ1) is 12.6. The molecule has 0 fully saturated rings. The predicted molar refractivity (Wildman–Crippen MR) is 106 cm³/mol. The van der Waals surface area contributed by atoms with E-state index in [2.05, 4.69) is 16.3 Å². The van der Waals surface area contributed by atoms with Crippen LogP contribution in [0.25, 0.3) is 22.0 Å². The topological polar surface area (TPSA) is 35.0 Å². The molecule has 3 nitrogen and oxygen atoms in total. The van der Waals surface area contributed by atoms with Crippen molar-refractivity contribution in [2.45, 2.75) is 13.8 Å². The second-order valence-corrected chi connectivity index (χ2v) is 6.77. The first kappa shape index (κ1) is 16.6. The van der Waals surface area contributed by atoms with Crippen LogP contribution in [0.1, 0.15) is 11.1 Å².